The number of amides is 1. The van der Waals surface area contributed by atoms with Gasteiger partial charge in [-0.05, 0) is 60.9 Å². The molecular formula is C33H37N7O7. The lowest BCUT2D eigenvalue weighted by Gasteiger charge is -2.50. The summed E-state index contributed by atoms with van der Waals surface area (Å²) in [6.07, 6.45) is 8.66. The first-order valence-electron chi connectivity index (χ1n) is 14.9. The van der Waals surface area contributed by atoms with Gasteiger partial charge < -0.3 is 41.4 Å². The van der Waals surface area contributed by atoms with Crippen molar-refractivity contribution in [1.29, 1.82) is 16.2 Å². The van der Waals surface area contributed by atoms with Crippen LogP contribution in [0.2, 0.25) is 0 Å². The zero-order chi connectivity index (χ0) is 34.6. The lowest BCUT2D eigenvalue weighted by atomic mass is 9.57. The summed E-state index contributed by atoms with van der Waals surface area (Å²) >= 11 is 0. The maximum atomic E-state index is 14.2. The summed E-state index contributed by atoms with van der Waals surface area (Å²) < 4.78 is 0. The Kier molecular flexibility index (Phi) is 8.29. The molecule has 1 amide bonds. The highest BCUT2D eigenvalue weighted by Gasteiger charge is 2.64. The number of nitrogens with two attached hydrogens (primary N) is 1. The van der Waals surface area contributed by atoms with Crippen molar-refractivity contribution in [3.05, 3.63) is 77.9 Å². The minimum absolute atomic E-state index is 0.0332. The summed E-state index contributed by atoms with van der Waals surface area (Å²) in [6, 6.07) is -0.176. The monoisotopic (exact) mass is 643 g/mol. The van der Waals surface area contributed by atoms with Gasteiger partial charge in [-0.3, -0.25) is 30.5 Å². The maximum Gasteiger partial charge on any atom is 0.255 e. The predicted molar refractivity (Wildman–Crippen MR) is 174 cm³/mol. The number of Topliss-reactive ketones (excluding diaryl/α,β-unsaturated/α-hetero) is 2. The molecule has 5 atom stereocenters. The Labute approximate surface area is 270 Å². The molecule has 2 saturated carbocycles. The van der Waals surface area contributed by atoms with Gasteiger partial charge in [-0.2, -0.15) is 0 Å². The summed E-state index contributed by atoms with van der Waals surface area (Å²) in [5.74, 6) is -8.12. The number of carbonyl (C=O) groups excluding carboxylic acids is 3. The van der Waals surface area contributed by atoms with E-state index in [-0.39, 0.29) is 36.4 Å². The average molecular weight is 644 g/mol. The van der Waals surface area contributed by atoms with Crippen LogP contribution < -0.4 is 16.0 Å². The van der Waals surface area contributed by atoms with Crippen LogP contribution in [-0.2, 0) is 27.3 Å². The molecule has 10 N–H and O–H groups in total. The number of rotatable bonds is 13. The SMILES string of the molecule is C=CN(C=N)c1c(CN[C@](C=C)(C=N)C2CC2)cc(O)c2c1C[C@H]1C[C@H]3[C@H](N(C=C)C=N)C(=O)C(C(N)=O)=C(O)[C@@]3(O)C(=O)C1=C2O. The molecule has 5 rings (SSSR count). The fraction of sp³-hybridized carbons (Fsp3) is 0.333. The van der Waals surface area contributed by atoms with Gasteiger partial charge in [-0.1, -0.05) is 19.2 Å². The third-order valence-corrected chi connectivity index (χ3v) is 9.91. The zero-order valence-electron chi connectivity index (χ0n) is 25.5. The minimum atomic E-state index is -2.89. The molecule has 0 unspecified atom stereocenters. The Morgan fingerprint density at radius 2 is 1.81 bits per heavy atom. The number of benzene rings is 1. The van der Waals surface area contributed by atoms with Crippen LogP contribution in [0, 0.1) is 34.0 Å². The Bertz CT molecular complexity index is 1700. The van der Waals surface area contributed by atoms with E-state index >= 15 is 0 Å². The number of carbonyl (C=O) groups is 3. The van der Waals surface area contributed by atoms with Crippen molar-refractivity contribution in [2.45, 2.75) is 49.4 Å². The quantitative estimate of drug-likeness (QED) is 0.0655. The first kappa shape index (κ1) is 33.0. The molecule has 0 aliphatic heterocycles. The molecule has 14 nitrogen and oxygen atoms in total. The van der Waals surface area contributed by atoms with E-state index in [1.165, 1.54) is 23.4 Å². The highest BCUT2D eigenvalue weighted by atomic mass is 16.3. The van der Waals surface area contributed by atoms with E-state index in [0.717, 1.165) is 36.6 Å². The number of phenols is 1. The number of aliphatic hydroxyl groups excluding tert-OH is 2. The van der Waals surface area contributed by atoms with E-state index in [2.05, 4.69) is 25.1 Å². The second-order valence-corrected chi connectivity index (χ2v) is 12.1. The summed E-state index contributed by atoms with van der Waals surface area (Å²) in [6.45, 7) is 11.4. The van der Waals surface area contributed by atoms with E-state index in [9.17, 15) is 34.8 Å². The van der Waals surface area contributed by atoms with Crippen LogP contribution in [0.3, 0.4) is 0 Å². The predicted octanol–water partition coefficient (Wildman–Crippen LogP) is 2.09. The number of aliphatic hydroxyl groups is 3. The normalized spacial score (nSPS) is 26.2. The van der Waals surface area contributed by atoms with Crippen LogP contribution in [0.25, 0.3) is 5.76 Å². The minimum Gasteiger partial charge on any atom is -0.508 e. The van der Waals surface area contributed by atoms with Crippen molar-refractivity contribution in [3.63, 3.8) is 0 Å². The summed E-state index contributed by atoms with van der Waals surface area (Å²) in [4.78, 5) is 42.4. The smallest absolute Gasteiger partial charge is 0.255 e. The third-order valence-electron chi connectivity index (χ3n) is 9.91. The van der Waals surface area contributed by atoms with Gasteiger partial charge in [-0.25, -0.2) is 0 Å². The Morgan fingerprint density at radius 1 is 1.13 bits per heavy atom. The molecule has 47 heavy (non-hydrogen) atoms. The second kappa shape index (κ2) is 11.8. The molecule has 14 heteroatoms. The third kappa shape index (κ3) is 4.70. The van der Waals surface area contributed by atoms with Gasteiger partial charge in [0.1, 0.15) is 28.9 Å². The number of fused-ring (bicyclic) bond motifs is 3. The van der Waals surface area contributed by atoms with Crippen LogP contribution in [0.5, 0.6) is 5.75 Å². The average Bonchev–Trinajstić information content (AvgIpc) is 3.89. The first-order valence-corrected chi connectivity index (χ1v) is 14.9. The van der Waals surface area contributed by atoms with Gasteiger partial charge in [0.05, 0.1) is 29.5 Å². The number of aromatic hydroxyl groups is 1. The fourth-order valence-corrected chi connectivity index (χ4v) is 7.45. The van der Waals surface area contributed by atoms with Gasteiger partial charge in [0.25, 0.3) is 5.91 Å². The van der Waals surface area contributed by atoms with Crippen molar-refractivity contribution >= 4 is 47.8 Å². The van der Waals surface area contributed by atoms with Crippen LogP contribution in [0.1, 0.15) is 36.0 Å². The van der Waals surface area contributed by atoms with Gasteiger partial charge >= 0.3 is 0 Å². The maximum absolute atomic E-state index is 14.2. The van der Waals surface area contributed by atoms with Crippen LogP contribution in [0.4, 0.5) is 5.69 Å². The second-order valence-electron chi connectivity index (χ2n) is 12.1. The standard InChI is InChI=1S/C33H37N7O7/c1-4-32(13-34,18-7-8-18)38-12-17-11-21(41)23-19(25(17)39(5-2)14-35)9-16-10-20-26(40(6-3)15-36)28(43)24(31(37)46)30(45)33(20,47)29(44)22(16)27(23)42/h4-6,11,13-16,18,20,26,34-36,38,41-42,45,47H,1-3,7-10,12H2,(H2,37,46)/t16-,20-,26-,32+,33-/m0/s1. The van der Waals surface area contributed by atoms with E-state index in [1.807, 2.05) is 0 Å². The molecule has 0 spiro atoms. The van der Waals surface area contributed by atoms with Crippen LogP contribution in [0.15, 0.2) is 61.2 Å². The van der Waals surface area contributed by atoms with Crippen LogP contribution >= 0.6 is 0 Å². The van der Waals surface area contributed by atoms with Gasteiger partial charge in [0, 0.05) is 30.5 Å². The lowest BCUT2D eigenvalue weighted by Crippen LogP contribution is -2.65. The molecule has 2 fully saturated rings. The molecule has 0 bridgehead atoms. The van der Waals surface area contributed by atoms with E-state index in [1.54, 1.807) is 6.08 Å². The summed E-state index contributed by atoms with van der Waals surface area (Å²) in [7, 11) is 0. The van der Waals surface area contributed by atoms with E-state index < -0.39 is 69.3 Å². The van der Waals surface area contributed by atoms with E-state index in [4.69, 9.17) is 22.0 Å². The van der Waals surface area contributed by atoms with Gasteiger partial charge in [-0.15, -0.1) is 6.58 Å². The van der Waals surface area contributed by atoms with Crippen molar-refractivity contribution in [3.8, 4) is 5.75 Å². The van der Waals surface area contributed by atoms with Crippen molar-refractivity contribution in [1.82, 2.24) is 10.2 Å². The number of hydrogen-bond acceptors (Lipinski definition) is 11. The molecule has 1 aromatic carbocycles. The number of hydrogen-bond donors (Lipinski definition) is 9. The number of anilines is 1. The molecule has 0 heterocycles. The Hall–Kier alpha value is -5.34. The van der Waals surface area contributed by atoms with Crippen LogP contribution in [-0.4, -0.2) is 78.9 Å². The highest BCUT2D eigenvalue weighted by Crippen LogP contribution is 2.54. The Balaban J connectivity index is 1.71. The highest BCUT2D eigenvalue weighted by molar-refractivity contribution is 6.25. The topological polar surface area (TPSA) is 248 Å². The summed E-state index contributed by atoms with van der Waals surface area (Å²) in [5, 5.41) is 73.3. The number of ketones is 2. The number of phenolic OH excluding ortho intramolecular Hbond substituents is 1. The van der Waals surface area contributed by atoms with Gasteiger partial charge in [0.2, 0.25) is 5.78 Å². The molecule has 0 aromatic heterocycles. The lowest BCUT2D eigenvalue weighted by molar-refractivity contribution is -0.152. The van der Waals surface area contributed by atoms with Gasteiger partial charge in [0.15, 0.2) is 11.4 Å². The summed E-state index contributed by atoms with van der Waals surface area (Å²) in [5.41, 5.74) is 1.39. The molecule has 1 aromatic rings. The zero-order valence-corrected chi connectivity index (χ0v) is 25.5. The fourth-order valence-electron chi connectivity index (χ4n) is 7.45. The molecule has 4 aliphatic rings. The number of nitrogens with zero attached hydrogens (tertiary/aromatic N) is 2. The first-order chi connectivity index (χ1) is 22.3. The van der Waals surface area contributed by atoms with Crippen molar-refractivity contribution in [2.24, 2.45) is 23.5 Å². The van der Waals surface area contributed by atoms with E-state index in [0.29, 0.717) is 16.8 Å². The van der Waals surface area contributed by atoms with Crippen molar-refractivity contribution in [2.75, 3.05) is 4.90 Å². The Morgan fingerprint density at radius 3 is 2.32 bits per heavy atom. The molecule has 0 radical (unpaired) electrons. The molecule has 0 saturated heterocycles. The molecule has 4 aliphatic carbocycles. The molecule has 246 valence electrons. The number of nitrogens with one attached hydrogen (secondary N) is 4. The van der Waals surface area contributed by atoms with Crippen molar-refractivity contribution < 1.29 is 34.8 Å². The molecular weight excluding hydrogens is 606 g/mol. The largest absolute Gasteiger partial charge is 0.508 e. The number of primary amides is 1.